The number of likely N-dealkylation sites (tertiary alicyclic amines) is 1. The molecule has 0 aliphatic carbocycles. The van der Waals surface area contributed by atoms with Crippen LogP contribution in [0.4, 0.5) is 0 Å². The summed E-state index contributed by atoms with van der Waals surface area (Å²) >= 11 is 0. The van der Waals surface area contributed by atoms with Gasteiger partial charge in [-0.3, -0.25) is 4.98 Å². The molecule has 2 heterocycles. The van der Waals surface area contributed by atoms with Gasteiger partial charge in [0, 0.05) is 18.3 Å². The quantitative estimate of drug-likeness (QED) is 0.881. The van der Waals surface area contributed by atoms with Gasteiger partial charge in [0.05, 0.1) is 6.20 Å². The van der Waals surface area contributed by atoms with Gasteiger partial charge >= 0.3 is 0 Å². The van der Waals surface area contributed by atoms with E-state index in [1.165, 1.54) is 12.8 Å². The van der Waals surface area contributed by atoms with Crippen molar-refractivity contribution in [1.29, 1.82) is 0 Å². The summed E-state index contributed by atoms with van der Waals surface area (Å²) in [6.45, 7) is 7.40. The van der Waals surface area contributed by atoms with E-state index in [9.17, 15) is 0 Å². The van der Waals surface area contributed by atoms with Crippen LogP contribution >= 0.6 is 0 Å². The number of hydrogen-bond acceptors (Lipinski definition) is 4. The molecule has 0 saturated carbocycles. The van der Waals surface area contributed by atoms with E-state index in [1.54, 1.807) is 12.4 Å². The first kappa shape index (κ1) is 14.3. The Kier molecular flexibility index (Phi) is 5.16. The summed E-state index contributed by atoms with van der Waals surface area (Å²) in [5, 5.41) is 0. The van der Waals surface area contributed by atoms with Crippen molar-refractivity contribution in [3.8, 4) is 5.75 Å². The molecule has 1 aliphatic heterocycles. The normalized spacial score (nSPS) is 19.6. The van der Waals surface area contributed by atoms with Gasteiger partial charge in [0.15, 0.2) is 0 Å². The Morgan fingerprint density at radius 1 is 1.42 bits per heavy atom. The summed E-state index contributed by atoms with van der Waals surface area (Å²) in [5.41, 5.74) is 6.25. The fourth-order valence-corrected chi connectivity index (χ4v) is 2.62. The summed E-state index contributed by atoms with van der Waals surface area (Å²) in [6.07, 6.45) is 5.83. The predicted molar refractivity (Wildman–Crippen MR) is 77.1 cm³/mol. The Balaban J connectivity index is 1.74. The van der Waals surface area contributed by atoms with Gasteiger partial charge in [-0.05, 0) is 57.8 Å². The van der Waals surface area contributed by atoms with Crippen molar-refractivity contribution < 1.29 is 4.74 Å². The lowest BCUT2D eigenvalue weighted by Crippen LogP contribution is -2.45. The average Bonchev–Trinajstić information content (AvgIpc) is 2.46. The first-order valence-electron chi connectivity index (χ1n) is 7.19. The molecule has 1 saturated heterocycles. The molecule has 1 atom stereocenters. The molecule has 4 heteroatoms. The van der Waals surface area contributed by atoms with Crippen molar-refractivity contribution in [2.24, 2.45) is 11.7 Å². The van der Waals surface area contributed by atoms with Crippen LogP contribution in [0.2, 0.25) is 0 Å². The van der Waals surface area contributed by atoms with Gasteiger partial charge in [0.25, 0.3) is 0 Å². The number of rotatable bonds is 5. The number of ether oxygens (including phenoxy) is 1. The molecule has 0 spiro atoms. The van der Waals surface area contributed by atoms with Crippen molar-refractivity contribution in [3.05, 3.63) is 24.5 Å². The fraction of sp³-hybridized carbons (Fsp3) is 0.667. The van der Waals surface area contributed by atoms with Gasteiger partial charge in [-0.25, -0.2) is 0 Å². The third-order valence-corrected chi connectivity index (χ3v) is 3.99. The highest BCUT2D eigenvalue weighted by atomic mass is 16.5. The zero-order valence-corrected chi connectivity index (χ0v) is 12.0. The van der Waals surface area contributed by atoms with Crippen LogP contribution in [0.3, 0.4) is 0 Å². The van der Waals surface area contributed by atoms with E-state index in [0.29, 0.717) is 18.6 Å². The van der Waals surface area contributed by atoms with Gasteiger partial charge in [-0.15, -0.1) is 0 Å². The molecule has 0 bridgehead atoms. The zero-order chi connectivity index (χ0) is 13.7. The maximum Gasteiger partial charge on any atom is 0.137 e. The fourth-order valence-electron chi connectivity index (χ4n) is 2.62. The van der Waals surface area contributed by atoms with Gasteiger partial charge in [0.1, 0.15) is 12.4 Å². The Morgan fingerprint density at radius 3 is 2.74 bits per heavy atom. The van der Waals surface area contributed by atoms with E-state index in [4.69, 9.17) is 10.5 Å². The molecule has 106 valence electrons. The summed E-state index contributed by atoms with van der Waals surface area (Å²) in [4.78, 5) is 6.55. The summed E-state index contributed by atoms with van der Waals surface area (Å²) in [5.74, 6) is 1.38. The number of piperidine rings is 1. The summed E-state index contributed by atoms with van der Waals surface area (Å²) < 4.78 is 5.69. The minimum Gasteiger partial charge on any atom is -0.490 e. The van der Waals surface area contributed by atoms with Crippen molar-refractivity contribution in [2.45, 2.75) is 38.8 Å². The molecule has 4 nitrogen and oxygen atoms in total. The summed E-state index contributed by atoms with van der Waals surface area (Å²) in [7, 11) is 0. The highest BCUT2D eigenvalue weighted by Gasteiger charge is 2.25. The van der Waals surface area contributed by atoms with E-state index < -0.39 is 0 Å². The Bertz CT molecular complexity index is 361. The lowest BCUT2D eigenvalue weighted by molar-refractivity contribution is 0.123. The summed E-state index contributed by atoms with van der Waals surface area (Å²) in [6, 6.07) is 4.56. The van der Waals surface area contributed by atoms with Crippen LogP contribution in [0.1, 0.15) is 26.7 Å². The van der Waals surface area contributed by atoms with Crippen LogP contribution in [0.15, 0.2) is 24.5 Å². The second-order valence-electron chi connectivity index (χ2n) is 5.63. The van der Waals surface area contributed by atoms with Gasteiger partial charge in [0.2, 0.25) is 0 Å². The topological polar surface area (TPSA) is 51.4 Å². The molecule has 0 amide bonds. The molecule has 2 rings (SSSR count). The van der Waals surface area contributed by atoms with Crippen molar-refractivity contribution in [3.63, 3.8) is 0 Å². The van der Waals surface area contributed by atoms with E-state index in [1.807, 2.05) is 12.1 Å². The zero-order valence-electron chi connectivity index (χ0n) is 12.0. The van der Waals surface area contributed by atoms with Crippen LogP contribution in [-0.2, 0) is 0 Å². The number of nitrogens with zero attached hydrogens (tertiary/aromatic N) is 2. The van der Waals surface area contributed by atoms with Crippen LogP contribution in [0.25, 0.3) is 0 Å². The largest absolute Gasteiger partial charge is 0.490 e. The predicted octanol–water partition coefficient (Wildman–Crippen LogP) is 1.91. The molecular formula is C15H25N3O. The molecule has 1 aromatic rings. The Hall–Kier alpha value is -1.13. The third kappa shape index (κ3) is 4.18. The first-order chi connectivity index (χ1) is 9.16. The third-order valence-electron chi connectivity index (χ3n) is 3.99. The highest BCUT2D eigenvalue weighted by Crippen LogP contribution is 2.21. The first-order valence-corrected chi connectivity index (χ1v) is 7.19. The molecule has 2 N–H and O–H groups in total. The average molecular weight is 263 g/mol. The molecule has 1 unspecified atom stereocenters. The Morgan fingerprint density at radius 2 is 2.16 bits per heavy atom. The Labute approximate surface area is 116 Å². The molecule has 1 aromatic heterocycles. The monoisotopic (exact) mass is 263 g/mol. The van der Waals surface area contributed by atoms with Crippen molar-refractivity contribution >= 4 is 0 Å². The van der Waals surface area contributed by atoms with E-state index >= 15 is 0 Å². The van der Waals surface area contributed by atoms with E-state index in [-0.39, 0.29) is 6.04 Å². The second-order valence-corrected chi connectivity index (χ2v) is 5.63. The van der Waals surface area contributed by atoms with Crippen LogP contribution in [0.5, 0.6) is 5.75 Å². The highest BCUT2D eigenvalue weighted by molar-refractivity contribution is 5.15. The maximum absolute atomic E-state index is 6.25. The minimum absolute atomic E-state index is 0.120. The number of aromatic nitrogens is 1. The standard InChI is InChI=1S/C15H25N3O/c1-12(2)18-8-5-13(6-9-18)15(16)11-19-14-4-3-7-17-10-14/h3-4,7,10,12-13,15H,5-6,8-9,11,16H2,1-2H3. The van der Waals surface area contributed by atoms with Gasteiger partial charge in [-0.2, -0.15) is 0 Å². The molecular weight excluding hydrogens is 238 g/mol. The smallest absolute Gasteiger partial charge is 0.137 e. The van der Waals surface area contributed by atoms with Crippen molar-refractivity contribution in [1.82, 2.24) is 9.88 Å². The lowest BCUT2D eigenvalue weighted by Gasteiger charge is -2.36. The van der Waals surface area contributed by atoms with Crippen molar-refractivity contribution in [2.75, 3.05) is 19.7 Å². The molecule has 19 heavy (non-hydrogen) atoms. The van der Waals surface area contributed by atoms with E-state index in [2.05, 4.69) is 23.7 Å². The van der Waals surface area contributed by atoms with Crippen LogP contribution in [0, 0.1) is 5.92 Å². The lowest BCUT2D eigenvalue weighted by atomic mass is 9.90. The number of nitrogens with two attached hydrogens (primary N) is 1. The van der Waals surface area contributed by atoms with Gasteiger partial charge in [-0.1, -0.05) is 0 Å². The molecule has 0 radical (unpaired) electrons. The van der Waals surface area contributed by atoms with Crippen LogP contribution < -0.4 is 10.5 Å². The molecule has 0 aromatic carbocycles. The van der Waals surface area contributed by atoms with E-state index in [0.717, 1.165) is 18.8 Å². The molecule has 1 fully saturated rings. The maximum atomic E-state index is 6.25. The second kappa shape index (κ2) is 6.87. The molecule has 1 aliphatic rings. The van der Waals surface area contributed by atoms with Gasteiger partial charge < -0.3 is 15.4 Å². The number of pyridine rings is 1. The van der Waals surface area contributed by atoms with Crippen LogP contribution in [-0.4, -0.2) is 41.7 Å². The SMILES string of the molecule is CC(C)N1CCC(C(N)COc2cccnc2)CC1. The number of hydrogen-bond donors (Lipinski definition) is 1. The minimum atomic E-state index is 0.120.